The maximum Gasteiger partial charge on any atom is 0.166 e. The standard InChI is InChI=1S/C25H15Cl2F2N3O/c26-16-6-7-17-21(10-16)31-22(13-33)23(17)25-18(15-4-2-1-3-5-15)11-30-32(25)12-14-8-19(28)24(27)20(29)9-14/h1-11,13,31H,12H2. The summed E-state index contributed by atoms with van der Waals surface area (Å²) in [6.07, 6.45) is 2.41. The quantitative estimate of drug-likeness (QED) is 0.214. The Balaban J connectivity index is 1.77. The summed E-state index contributed by atoms with van der Waals surface area (Å²) in [4.78, 5) is 15.1. The van der Waals surface area contributed by atoms with Gasteiger partial charge in [-0.15, -0.1) is 0 Å². The second-order valence-corrected chi connectivity index (χ2v) is 8.34. The highest BCUT2D eigenvalue weighted by molar-refractivity contribution is 6.31. The number of nitrogens with zero attached hydrogens (tertiary/aromatic N) is 2. The van der Waals surface area contributed by atoms with E-state index in [1.165, 1.54) is 12.1 Å². The van der Waals surface area contributed by atoms with Crippen LogP contribution in [0.15, 0.2) is 66.9 Å². The van der Waals surface area contributed by atoms with Gasteiger partial charge in [0.25, 0.3) is 0 Å². The molecule has 0 amide bonds. The zero-order valence-electron chi connectivity index (χ0n) is 16.9. The minimum absolute atomic E-state index is 0.0612. The molecule has 0 saturated heterocycles. The fourth-order valence-electron chi connectivity index (χ4n) is 4.00. The van der Waals surface area contributed by atoms with E-state index >= 15 is 0 Å². The molecule has 8 heteroatoms. The summed E-state index contributed by atoms with van der Waals surface area (Å²) in [5.41, 5.74) is 4.29. The average molecular weight is 482 g/mol. The summed E-state index contributed by atoms with van der Waals surface area (Å²) in [5, 5.41) is 5.25. The van der Waals surface area contributed by atoms with E-state index in [2.05, 4.69) is 10.1 Å². The number of aromatic nitrogens is 3. The van der Waals surface area contributed by atoms with Gasteiger partial charge < -0.3 is 4.98 Å². The zero-order valence-corrected chi connectivity index (χ0v) is 18.5. The van der Waals surface area contributed by atoms with Crippen LogP contribution in [-0.4, -0.2) is 21.1 Å². The van der Waals surface area contributed by atoms with Crippen molar-refractivity contribution in [3.05, 3.63) is 99.8 Å². The van der Waals surface area contributed by atoms with E-state index in [9.17, 15) is 13.6 Å². The molecule has 33 heavy (non-hydrogen) atoms. The van der Waals surface area contributed by atoms with Crippen LogP contribution >= 0.6 is 23.2 Å². The number of hydrogen-bond donors (Lipinski definition) is 1. The third-order valence-electron chi connectivity index (χ3n) is 5.44. The number of halogens is 4. The summed E-state index contributed by atoms with van der Waals surface area (Å²) < 4.78 is 29.8. The molecule has 0 bridgehead atoms. The van der Waals surface area contributed by atoms with Gasteiger partial charge in [-0.3, -0.25) is 9.48 Å². The van der Waals surface area contributed by atoms with Gasteiger partial charge in [0.05, 0.1) is 24.1 Å². The Bertz CT molecular complexity index is 1490. The third kappa shape index (κ3) is 3.81. The smallest absolute Gasteiger partial charge is 0.166 e. The molecule has 0 aliphatic heterocycles. The van der Waals surface area contributed by atoms with Gasteiger partial charge >= 0.3 is 0 Å². The van der Waals surface area contributed by atoms with Gasteiger partial charge in [0.2, 0.25) is 0 Å². The Kier molecular flexibility index (Phi) is 5.48. The SMILES string of the molecule is O=Cc1[nH]c2cc(Cl)ccc2c1-c1c(-c2ccccc2)cnn1Cc1cc(F)c(Cl)c(F)c1. The number of benzene rings is 3. The lowest BCUT2D eigenvalue weighted by atomic mass is 9.99. The monoisotopic (exact) mass is 481 g/mol. The third-order valence-corrected chi connectivity index (χ3v) is 6.04. The van der Waals surface area contributed by atoms with Crippen LogP contribution in [0.4, 0.5) is 8.78 Å². The highest BCUT2D eigenvalue weighted by Gasteiger charge is 2.23. The van der Waals surface area contributed by atoms with E-state index < -0.39 is 16.7 Å². The lowest BCUT2D eigenvalue weighted by Gasteiger charge is -2.12. The molecule has 5 aromatic rings. The van der Waals surface area contributed by atoms with Crippen LogP contribution in [0.3, 0.4) is 0 Å². The van der Waals surface area contributed by atoms with Crippen molar-refractivity contribution in [2.45, 2.75) is 6.54 Å². The second-order valence-electron chi connectivity index (χ2n) is 7.53. The van der Waals surface area contributed by atoms with Crippen molar-refractivity contribution in [2.75, 3.05) is 0 Å². The molecule has 0 fully saturated rings. The number of aromatic amines is 1. The van der Waals surface area contributed by atoms with Crippen LogP contribution in [0.1, 0.15) is 16.1 Å². The fraction of sp³-hybridized carbons (Fsp3) is 0.0400. The lowest BCUT2D eigenvalue weighted by Crippen LogP contribution is -2.06. The number of aldehydes is 1. The molecule has 0 saturated carbocycles. The Hall–Kier alpha value is -3.48. The Morgan fingerprint density at radius 2 is 1.73 bits per heavy atom. The van der Waals surface area contributed by atoms with Crippen LogP contribution < -0.4 is 0 Å². The van der Waals surface area contributed by atoms with Crippen LogP contribution in [0.2, 0.25) is 10.0 Å². The van der Waals surface area contributed by atoms with Crippen LogP contribution in [-0.2, 0) is 6.54 Å². The summed E-state index contributed by atoms with van der Waals surface area (Å²) in [7, 11) is 0. The molecule has 164 valence electrons. The zero-order chi connectivity index (χ0) is 23.1. The molecule has 4 nitrogen and oxygen atoms in total. The largest absolute Gasteiger partial charge is 0.352 e. The molecule has 3 aromatic carbocycles. The Morgan fingerprint density at radius 3 is 2.42 bits per heavy atom. The molecule has 2 aromatic heterocycles. The van der Waals surface area contributed by atoms with E-state index in [4.69, 9.17) is 23.2 Å². The van der Waals surface area contributed by atoms with E-state index in [0.717, 1.165) is 22.8 Å². The predicted octanol–water partition coefficient (Wildman–Crippen LogP) is 7.14. The van der Waals surface area contributed by atoms with Gasteiger partial charge in [0.1, 0.15) is 16.7 Å². The summed E-state index contributed by atoms with van der Waals surface area (Å²) in [6.45, 7) is 0.0612. The van der Waals surface area contributed by atoms with E-state index in [1.54, 1.807) is 23.0 Å². The first-order chi connectivity index (χ1) is 16.0. The first-order valence-electron chi connectivity index (χ1n) is 9.97. The van der Waals surface area contributed by atoms with Crippen molar-refractivity contribution in [2.24, 2.45) is 0 Å². The van der Waals surface area contributed by atoms with E-state index in [1.807, 2.05) is 36.4 Å². The second kappa shape index (κ2) is 8.46. The Morgan fingerprint density at radius 1 is 1.00 bits per heavy atom. The molecule has 0 aliphatic rings. The van der Waals surface area contributed by atoms with Gasteiger partial charge in [-0.25, -0.2) is 8.78 Å². The fourth-order valence-corrected chi connectivity index (χ4v) is 4.29. The maximum atomic E-state index is 14.1. The maximum absolute atomic E-state index is 14.1. The van der Waals surface area contributed by atoms with Crippen LogP contribution in [0, 0.1) is 11.6 Å². The minimum atomic E-state index is -0.848. The number of carbonyl (C=O) groups is 1. The first-order valence-corrected chi connectivity index (χ1v) is 10.7. The van der Waals surface area contributed by atoms with Crippen LogP contribution in [0.25, 0.3) is 33.3 Å². The number of H-pyrrole nitrogens is 1. The van der Waals surface area contributed by atoms with E-state index in [-0.39, 0.29) is 6.54 Å². The van der Waals surface area contributed by atoms with Gasteiger partial charge in [-0.1, -0.05) is 59.6 Å². The van der Waals surface area contributed by atoms with Crippen molar-refractivity contribution < 1.29 is 13.6 Å². The number of carbonyl (C=O) groups excluding carboxylic acids is 1. The molecule has 2 heterocycles. The van der Waals surface area contributed by atoms with E-state index in [0.29, 0.717) is 33.1 Å². The van der Waals surface area contributed by atoms with Crippen LogP contribution in [0.5, 0.6) is 0 Å². The molecule has 1 N–H and O–H groups in total. The molecular weight excluding hydrogens is 467 g/mol. The number of nitrogens with one attached hydrogen (secondary N) is 1. The van der Waals surface area contributed by atoms with Crippen molar-refractivity contribution >= 4 is 40.4 Å². The predicted molar refractivity (Wildman–Crippen MR) is 126 cm³/mol. The highest BCUT2D eigenvalue weighted by atomic mass is 35.5. The van der Waals surface area contributed by atoms with Gasteiger partial charge in [-0.05, 0) is 35.4 Å². The summed E-state index contributed by atoms with van der Waals surface area (Å²) in [6, 6.07) is 17.2. The molecule has 0 spiro atoms. The molecule has 0 radical (unpaired) electrons. The topological polar surface area (TPSA) is 50.7 Å². The Labute approximate surface area is 197 Å². The number of rotatable bonds is 5. The summed E-state index contributed by atoms with van der Waals surface area (Å²) in [5.74, 6) is -1.70. The van der Waals surface area contributed by atoms with Gasteiger partial charge in [-0.2, -0.15) is 5.10 Å². The average Bonchev–Trinajstić information content (AvgIpc) is 3.37. The highest BCUT2D eigenvalue weighted by Crippen LogP contribution is 2.39. The van der Waals surface area contributed by atoms with Gasteiger partial charge in [0, 0.05) is 27.1 Å². The number of hydrogen-bond acceptors (Lipinski definition) is 2. The number of fused-ring (bicyclic) bond motifs is 1. The van der Waals surface area contributed by atoms with Crippen molar-refractivity contribution in [1.82, 2.24) is 14.8 Å². The van der Waals surface area contributed by atoms with Crippen molar-refractivity contribution in [3.8, 4) is 22.4 Å². The molecule has 0 aliphatic carbocycles. The normalized spacial score (nSPS) is 11.3. The minimum Gasteiger partial charge on any atom is -0.352 e. The van der Waals surface area contributed by atoms with Gasteiger partial charge in [0.15, 0.2) is 6.29 Å². The molecule has 0 unspecified atom stereocenters. The van der Waals surface area contributed by atoms with Crippen molar-refractivity contribution in [3.63, 3.8) is 0 Å². The van der Waals surface area contributed by atoms with Crippen molar-refractivity contribution in [1.29, 1.82) is 0 Å². The molecular formula is C25H15Cl2F2N3O. The lowest BCUT2D eigenvalue weighted by molar-refractivity contribution is 0.112. The summed E-state index contributed by atoms with van der Waals surface area (Å²) >= 11 is 11.8. The first kappa shape index (κ1) is 21.4. The molecule has 5 rings (SSSR count). The molecule has 0 atom stereocenters.